The molecule has 194 valence electrons. The molecule has 1 aromatic heterocycles. The molecule has 1 atom stereocenters. The van der Waals surface area contributed by atoms with Gasteiger partial charge in [-0.05, 0) is 64.0 Å². The molecule has 3 saturated heterocycles. The first-order chi connectivity index (χ1) is 17.2. The summed E-state index contributed by atoms with van der Waals surface area (Å²) >= 11 is 0. The summed E-state index contributed by atoms with van der Waals surface area (Å²) in [6, 6.07) is 3.57. The summed E-state index contributed by atoms with van der Waals surface area (Å²) in [6.45, 7) is 6.15. The number of carbonyl (C=O) groups excluding carboxylic acids is 1. The van der Waals surface area contributed by atoms with E-state index in [2.05, 4.69) is 31.5 Å². The summed E-state index contributed by atoms with van der Waals surface area (Å²) in [6.07, 6.45) is 17.7. The lowest BCUT2D eigenvalue weighted by Gasteiger charge is -2.42. The first-order valence-corrected chi connectivity index (χ1v) is 14.4. The van der Waals surface area contributed by atoms with Crippen LogP contribution in [0.25, 0.3) is 0 Å². The maximum Gasteiger partial charge on any atom is 0.317 e. The number of rotatable bonds is 5. The van der Waals surface area contributed by atoms with E-state index >= 15 is 0 Å². The van der Waals surface area contributed by atoms with Gasteiger partial charge in [-0.2, -0.15) is 4.98 Å². The molecule has 1 aromatic rings. The summed E-state index contributed by atoms with van der Waals surface area (Å²) < 4.78 is 0. The summed E-state index contributed by atoms with van der Waals surface area (Å²) in [4.78, 5) is 29.3. The van der Waals surface area contributed by atoms with Gasteiger partial charge in [0, 0.05) is 57.0 Å². The van der Waals surface area contributed by atoms with Crippen LogP contribution in [-0.4, -0.2) is 83.2 Å². The second-order valence-corrected chi connectivity index (χ2v) is 11.1. The minimum Gasteiger partial charge on any atom is -0.356 e. The standard InChI is InChI=1S/C27H45N7O/c35-27(30-22-9-4-3-5-10-22)33-19-13-24(14-20-33)34-18-8-11-23(21-34)29-26-28-15-12-25(31-26)32-16-6-1-2-7-17-32/h12,15,22-24H,1-11,13-14,16-21H2,(H,30,35)(H,28,29,31). The Morgan fingerprint density at radius 2 is 1.51 bits per heavy atom. The van der Waals surface area contributed by atoms with Crippen molar-refractivity contribution in [1.82, 2.24) is 25.1 Å². The summed E-state index contributed by atoms with van der Waals surface area (Å²) in [5.41, 5.74) is 0. The zero-order valence-electron chi connectivity index (χ0n) is 21.5. The van der Waals surface area contributed by atoms with E-state index in [1.54, 1.807) is 0 Å². The van der Waals surface area contributed by atoms with Gasteiger partial charge < -0.3 is 20.4 Å². The number of carbonyl (C=O) groups is 1. The zero-order valence-corrected chi connectivity index (χ0v) is 21.5. The molecule has 4 heterocycles. The molecular weight excluding hydrogens is 438 g/mol. The van der Waals surface area contributed by atoms with Crippen LogP contribution in [0.2, 0.25) is 0 Å². The van der Waals surface area contributed by atoms with E-state index in [-0.39, 0.29) is 6.03 Å². The molecule has 0 aromatic carbocycles. The molecule has 35 heavy (non-hydrogen) atoms. The number of urea groups is 1. The third kappa shape index (κ3) is 6.78. The van der Waals surface area contributed by atoms with Crippen molar-refractivity contribution in [2.24, 2.45) is 0 Å². The number of piperidine rings is 2. The van der Waals surface area contributed by atoms with Gasteiger partial charge in [0.2, 0.25) is 5.95 Å². The first kappa shape index (κ1) is 24.6. The van der Waals surface area contributed by atoms with Crippen LogP contribution in [0.5, 0.6) is 0 Å². The number of amides is 2. The minimum atomic E-state index is 0.162. The summed E-state index contributed by atoms with van der Waals surface area (Å²) in [5.74, 6) is 1.84. The van der Waals surface area contributed by atoms with E-state index in [4.69, 9.17) is 4.98 Å². The molecule has 4 fully saturated rings. The van der Waals surface area contributed by atoms with E-state index in [1.807, 2.05) is 11.1 Å². The van der Waals surface area contributed by atoms with Crippen LogP contribution in [0.4, 0.5) is 16.6 Å². The number of hydrogen-bond acceptors (Lipinski definition) is 6. The highest BCUT2D eigenvalue weighted by atomic mass is 16.2. The molecule has 2 N–H and O–H groups in total. The van der Waals surface area contributed by atoms with Crippen molar-refractivity contribution in [3.05, 3.63) is 12.3 Å². The number of hydrogen-bond donors (Lipinski definition) is 2. The van der Waals surface area contributed by atoms with Crippen molar-refractivity contribution in [2.75, 3.05) is 49.5 Å². The number of likely N-dealkylation sites (tertiary alicyclic amines) is 2. The van der Waals surface area contributed by atoms with Gasteiger partial charge in [-0.15, -0.1) is 0 Å². The number of anilines is 2. The molecule has 0 bridgehead atoms. The Kier molecular flexibility index (Phi) is 8.60. The van der Waals surface area contributed by atoms with Crippen LogP contribution in [0.15, 0.2) is 12.3 Å². The average molecular weight is 484 g/mol. The highest BCUT2D eigenvalue weighted by Crippen LogP contribution is 2.24. The second kappa shape index (κ2) is 12.2. The highest BCUT2D eigenvalue weighted by Gasteiger charge is 2.31. The normalized spacial score (nSPS) is 25.8. The average Bonchev–Trinajstić information content (AvgIpc) is 3.20. The quantitative estimate of drug-likeness (QED) is 0.652. The number of nitrogens with one attached hydrogen (secondary N) is 2. The van der Waals surface area contributed by atoms with Gasteiger partial charge in [-0.3, -0.25) is 4.90 Å². The van der Waals surface area contributed by atoms with E-state index in [0.29, 0.717) is 18.1 Å². The smallest absolute Gasteiger partial charge is 0.317 e. The molecule has 8 heteroatoms. The molecule has 3 aliphatic heterocycles. The van der Waals surface area contributed by atoms with E-state index in [0.717, 1.165) is 83.1 Å². The number of nitrogens with zero attached hydrogens (tertiary/aromatic N) is 5. The zero-order chi connectivity index (χ0) is 23.9. The highest BCUT2D eigenvalue weighted by molar-refractivity contribution is 5.74. The lowest BCUT2D eigenvalue weighted by molar-refractivity contribution is 0.0956. The number of aromatic nitrogens is 2. The molecule has 0 spiro atoms. The lowest BCUT2D eigenvalue weighted by Crippen LogP contribution is -2.54. The third-order valence-corrected chi connectivity index (χ3v) is 8.56. The largest absolute Gasteiger partial charge is 0.356 e. The van der Waals surface area contributed by atoms with Gasteiger partial charge >= 0.3 is 6.03 Å². The van der Waals surface area contributed by atoms with Crippen molar-refractivity contribution in [3.8, 4) is 0 Å². The maximum absolute atomic E-state index is 12.7. The molecule has 1 unspecified atom stereocenters. The Morgan fingerprint density at radius 1 is 0.800 bits per heavy atom. The first-order valence-electron chi connectivity index (χ1n) is 14.4. The topological polar surface area (TPSA) is 76.6 Å². The Balaban J connectivity index is 1.09. The lowest BCUT2D eigenvalue weighted by atomic mass is 9.95. The van der Waals surface area contributed by atoms with Gasteiger partial charge in [-0.25, -0.2) is 9.78 Å². The third-order valence-electron chi connectivity index (χ3n) is 8.56. The van der Waals surface area contributed by atoms with Crippen LogP contribution in [0.1, 0.15) is 83.5 Å². The fourth-order valence-electron chi connectivity index (χ4n) is 6.48. The van der Waals surface area contributed by atoms with Crippen molar-refractivity contribution < 1.29 is 4.79 Å². The fraction of sp³-hybridized carbons (Fsp3) is 0.815. The van der Waals surface area contributed by atoms with Crippen LogP contribution >= 0.6 is 0 Å². The minimum absolute atomic E-state index is 0.162. The van der Waals surface area contributed by atoms with E-state index < -0.39 is 0 Å². The van der Waals surface area contributed by atoms with Gasteiger partial charge in [0.15, 0.2) is 0 Å². The van der Waals surface area contributed by atoms with E-state index in [1.165, 1.54) is 51.4 Å². The monoisotopic (exact) mass is 483 g/mol. The second-order valence-electron chi connectivity index (χ2n) is 11.1. The molecule has 5 rings (SSSR count). The van der Waals surface area contributed by atoms with Gasteiger partial charge in [0.25, 0.3) is 0 Å². The molecule has 0 radical (unpaired) electrons. The summed E-state index contributed by atoms with van der Waals surface area (Å²) in [7, 11) is 0. The van der Waals surface area contributed by atoms with Crippen molar-refractivity contribution in [2.45, 2.75) is 102 Å². The van der Waals surface area contributed by atoms with Crippen LogP contribution in [-0.2, 0) is 0 Å². The Morgan fingerprint density at radius 3 is 2.29 bits per heavy atom. The van der Waals surface area contributed by atoms with Crippen LogP contribution < -0.4 is 15.5 Å². The van der Waals surface area contributed by atoms with Crippen LogP contribution in [0, 0.1) is 0 Å². The molecular formula is C27H45N7O. The Hall–Kier alpha value is -2.09. The SMILES string of the molecule is O=C(NC1CCCCC1)N1CCC(N2CCCC(Nc3nccc(N4CCCCCC4)n3)C2)CC1. The molecule has 4 aliphatic rings. The van der Waals surface area contributed by atoms with Gasteiger partial charge in [0.05, 0.1) is 0 Å². The summed E-state index contributed by atoms with van der Waals surface area (Å²) in [5, 5.41) is 6.95. The van der Waals surface area contributed by atoms with Crippen LogP contribution in [0.3, 0.4) is 0 Å². The van der Waals surface area contributed by atoms with Crippen molar-refractivity contribution in [3.63, 3.8) is 0 Å². The van der Waals surface area contributed by atoms with Gasteiger partial charge in [0.1, 0.15) is 5.82 Å². The van der Waals surface area contributed by atoms with Crippen molar-refractivity contribution in [1.29, 1.82) is 0 Å². The van der Waals surface area contributed by atoms with Crippen molar-refractivity contribution >= 4 is 17.8 Å². The Bertz CT molecular complexity index is 798. The predicted molar refractivity (Wildman–Crippen MR) is 141 cm³/mol. The fourth-order valence-corrected chi connectivity index (χ4v) is 6.48. The Labute approximate surface area is 211 Å². The molecule has 1 saturated carbocycles. The van der Waals surface area contributed by atoms with Gasteiger partial charge in [-0.1, -0.05) is 32.1 Å². The molecule has 2 amide bonds. The molecule has 1 aliphatic carbocycles. The molecule has 8 nitrogen and oxygen atoms in total. The predicted octanol–water partition coefficient (Wildman–Crippen LogP) is 4.24. The van der Waals surface area contributed by atoms with E-state index in [9.17, 15) is 4.79 Å². The maximum atomic E-state index is 12.7.